The quantitative estimate of drug-likeness (QED) is 0.779. The Balaban J connectivity index is 1.95. The van der Waals surface area contributed by atoms with Crippen LogP contribution in [0.3, 0.4) is 0 Å². The molecule has 0 spiro atoms. The van der Waals surface area contributed by atoms with Crippen LogP contribution in [-0.2, 0) is 4.79 Å². The first kappa shape index (κ1) is 13.9. The van der Waals surface area contributed by atoms with Gasteiger partial charge < -0.3 is 10.6 Å². The van der Waals surface area contributed by atoms with Crippen molar-refractivity contribution in [3.63, 3.8) is 0 Å². The summed E-state index contributed by atoms with van der Waals surface area (Å²) in [5, 5.41) is 0. The lowest BCUT2D eigenvalue weighted by molar-refractivity contribution is -0.140. The van der Waals surface area contributed by atoms with Gasteiger partial charge in [0.15, 0.2) is 0 Å². The number of carbonyl (C=O) groups is 1. The molecular weight excluding hydrogens is 224 g/mol. The molecule has 18 heavy (non-hydrogen) atoms. The average Bonchev–Trinajstić information content (AvgIpc) is 2.30. The number of amides is 1. The van der Waals surface area contributed by atoms with E-state index in [9.17, 15) is 4.79 Å². The van der Waals surface area contributed by atoms with Gasteiger partial charge in [0.25, 0.3) is 0 Å². The fourth-order valence-electron chi connectivity index (χ4n) is 3.51. The Morgan fingerprint density at radius 1 is 1.33 bits per heavy atom. The van der Waals surface area contributed by atoms with E-state index in [4.69, 9.17) is 5.73 Å². The Morgan fingerprint density at radius 2 is 2.06 bits per heavy atom. The lowest BCUT2D eigenvalue weighted by Crippen LogP contribution is -2.48. The van der Waals surface area contributed by atoms with Gasteiger partial charge in [-0.2, -0.15) is 0 Å². The molecule has 3 heteroatoms. The molecule has 0 aromatic heterocycles. The van der Waals surface area contributed by atoms with Crippen molar-refractivity contribution in [1.82, 2.24) is 4.90 Å². The molecule has 2 rings (SSSR count). The van der Waals surface area contributed by atoms with Gasteiger partial charge in [-0.1, -0.05) is 20.8 Å². The molecule has 0 radical (unpaired) electrons. The number of rotatable bonds is 1. The fraction of sp³-hybridized carbons (Fsp3) is 0.933. The van der Waals surface area contributed by atoms with Crippen molar-refractivity contribution in [1.29, 1.82) is 0 Å². The zero-order chi connectivity index (χ0) is 13.3. The molecule has 1 aliphatic heterocycles. The van der Waals surface area contributed by atoms with Gasteiger partial charge in [0.2, 0.25) is 5.91 Å². The maximum atomic E-state index is 12.6. The molecule has 3 unspecified atom stereocenters. The topological polar surface area (TPSA) is 46.3 Å². The van der Waals surface area contributed by atoms with E-state index in [0.29, 0.717) is 23.3 Å². The summed E-state index contributed by atoms with van der Waals surface area (Å²) in [6, 6.07) is 0.298. The van der Waals surface area contributed by atoms with Crippen molar-refractivity contribution in [2.75, 3.05) is 13.1 Å². The summed E-state index contributed by atoms with van der Waals surface area (Å²) < 4.78 is 0. The minimum Gasteiger partial charge on any atom is -0.342 e. The zero-order valence-electron chi connectivity index (χ0n) is 12.1. The molecule has 0 aromatic rings. The van der Waals surface area contributed by atoms with Crippen molar-refractivity contribution >= 4 is 5.91 Å². The van der Waals surface area contributed by atoms with Crippen molar-refractivity contribution < 1.29 is 4.79 Å². The Bertz CT molecular complexity index is 314. The van der Waals surface area contributed by atoms with Crippen LogP contribution in [0.5, 0.6) is 0 Å². The van der Waals surface area contributed by atoms with Crippen LogP contribution in [-0.4, -0.2) is 29.9 Å². The van der Waals surface area contributed by atoms with Gasteiger partial charge in [-0.25, -0.2) is 0 Å². The van der Waals surface area contributed by atoms with Gasteiger partial charge in [0, 0.05) is 25.0 Å². The molecule has 104 valence electrons. The lowest BCUT2D eigenvalue weighted by Gasteiger charge is -2.41. The summed E-state index contributed by atoms with van der Waals surface area (Å²) in [6.45, 7) is 8.61. The summed E-state index contributed by atoms with van der Waals surface area (Å²) in [5.74, 6) is 1.11. The number of likely N-dealkylation sites (tertiary alicyclic amines) is 1. The zero-order valence-corrected chi connectivity index (χ0v) is 12.1. The van der Waals surface area contributed by atoms with Crippen LogP contribution in [0, 0.1) is 17.3 Å². The lowest BCUT2D eigenvalue weighted by atomic mass is 9.77. The number of nitrogens with zero attached hydrogens (tertiary/aromatic N) is 1. The molecule has 1 amide bonds. The molecule has 1 saturated carbocycles. The maximum absolute atomic E-state index is 12.6. The molecule has 0 aromatic carbocycles. The van der Waals surface area contributed by atoms with E-state index in [1.807, 2.05) is 0 Å². The van der Waals surface area contributed by atoms with Crippen LogP contribution in [0.1, 0.15) is 52.9 Å². The largest absolute Gasteiger partial charge is 0.342 e. The average molecular weight is 252 g/mol. The van der Waals surface area contributed by atoms with Crippen molar-refractivity contribution in [3.8, 4) is 0 Å². The second-order valence-corrected chi connectivity index (χ2v) is 7.18. The van der Waals surface area contributed by atoms with Crippen LogP contribution in [0.25, 0.3) is 0 Å². The molecule has 1 saturated heterocycles. The van der Waals surface area contributed by atoms with Gasteiger partial charge in [-0.15, -0.1) is 0 Å². The predicted molar refractivity (Wildman–Crippen MR) is 74.1 cm³/mol. The smallest absolute Gasteiger partial charge is 0.225 e. The highest BCUT2D eigenvalue weighted by molar-refractivity contribution is 5.79. The summed E-state index contributed by atoms with van der Waals surface area (Å²) in [6.07, 6.45) is 5.37. The highest BCUT2D eigenvalue weighted by Crippen LogP contribution is 2.33. The SMILES string of the molecule is CC1CC(C(=O)N2CCCC(C)(C)C2)CCC1N. The van der Waals surface area contributed by atoms with Gasteiger partial charge >= 0.3 is 0 Å². The molecule has 3 nitrogen and oxygen atoms in total. The van der Waals surface area contributed by atoms with Crippen LogP contribution >= 0.6 is 0 Å². The molecule has 2 aliphatic rings. The van der Waals surface area contributed by atoms with Gasteiger partial charge in [0.05, 0.1) is 0 Å². The normalized spacial score (nSPS) is 36.4. The van der Waals surface area contributed by atoms with E-state index >= 15 is 0 Å². The highest BCUT2D eigenvalue weighted by Gasteiger charge is 2.35. The van der Waals surface area contributed by atoms with E-state index < -0.39 is 0 Å². The molecule has 3 atom stereocenters. The second kappa shape index (κ2) is 5.20. The third-order valence-corrected chi connectivity index (χ3v) is 4.80. The van der Waals surface area contributed by atoms with Crippen LogP contribution in [0.15, 0.2) is 0 Å². The Hall–Kier alpha value is -0.570. The third-order valence-electron chi connectivity index (χ3n) is 4.80. The third kappa shape index (κ3) is 3.05. The summed E-state index contributed by atoms with van der Waals surface area (Å²) in [7, 11) is 0. The molecule has 2 fully saturated rings. The first-order chi connectivity index (χ1) is 8.39. The number of hydrogen-bond donors (Lipinski definition) is 1. The number of carbonyl (C=O) groups excluding carboxylic acids is 1. The number of piperidine rings is 1. The molecular formula is C15H28N2O. The van der Waals surface area contributed by atoms with Crippen molar-refractivity contribution in [3.05, 3.63) is 0 Å². The van der Waals surface area contributed by atoms with E-state index in [2.05, 4.69) is 25.7 Å². The van der Waals surface area contributed by atoms with E-state index in [1.54, 1.807) is 0 Å². The summed E-state index contributed by atoms with van der Waals surface area (Å²) >= 11 is 0. The number of hydrogen-bond acceptors (Lipinski definition) is 2. The van der Waals surface area contributed by atoms with Gasteiger partial charge in [-0.3, -0.25) is 4.79 Å². The van der Waals surface area contributed by atoms with E-state index in [0.717, 1.165) is 38.8 Å². The van der Waals surface area contributed by atoms with Crippen LogP contribution in [0.4, 0.5) is 0 Å². The molecule has 0 bridgehead atoms. The Kier molecular flexibility index (Phi) is 4.00. The van der Waals surface area contributed by atoms with Gasteiger partial charge in [-0.05, 0) is 43.4 Å². The molecule has 1 heterocycles. The number of nitrogens with two attached hydrogens (primary N) is 1. The van der Waals surface area contributed by atoms with Crippen LogP contribution < -0.4 is 5.73 Å². The monoisotopic (exact) mass is 252 g/mol. The van der Waals surface area contributed by atoms with Crippen molar-refractivity contribution in [2.24, 2.45) is 23.0 Å². The Labute approximate surface area is 111 Å². The van der Waals surface area contributed by atoms with E-state index in [1.165, 1.54) is 6.42 Å². The van der Waals surface area contributed by atoms with Crippen molar-refractivity contribution in [2.45, 2.75) is 58.9 Å². The first-order valence-corrected chi connectivity index (χ1v) is 7.43. The standard InChI is InChI=1S/C15H28N2O/c1-11-9-12(5-6-13(11)16)14(18)17-8-4-7-15(2,3)10-17/h11-13H,4-10,16H2,1-3H3. The minimum atomic E-state index is 0.230. The van der Waals surface area contributed by atoms with Gasteiger partial charge in [0.1, 0.15) is 0 Å². The Morgan fingerprint density at radius 3 is 2.67 bits per heavy atom. The predicted octanol–water partition coefficient (Wildman–Crippen LogP) is 2.40. The fourth-order valence-corrected chi connectivity index (χ4v) is 3.51. The van der Waals surface area contributed by atoms with Crippen LogP contribution in [0.2, 0.25) is 0 Å². The van der Waals surface area contributed by atoms with E-state index in [-0.39, 0.29) is 5.92 Å². The molecule has 2 N–H and O–H groups in total. The highest BCUT2D eigenvalue weighted by atomic mass is 16.2. The molecule has 1 aliphatic carbocycles. The maximum Gasteiger partial charge on any atom is 0.225 e. The first-order valence-electron chi connectivity index (χ1n) is 7.43. The second-order valence-electron chi connectivity index (χ2n) is 7.18. The minimum absolute atomic E-state index is 0.230. The summed E-state index contributed by atoms with van der Waals surface area (Å²) in [4.78, 5) is 14.7. The summed E-state index contributed by atoms with van der Waals surface area (Å²) in [5.41, 5.74) is 6.33.